The van der Waals surface area contributed by atoms with Crippen LogP contribution in [0.15, 0.2) is 57.6 Å². The molecule has 3 heteroatoms. The summed E-state index contributed by atoms with van der Waals surface area (Å²) in [7, 11) is 0. The third-order valence-corrected chi connectivity index (χ3v) is 3.24. The van der Waals surface area contributed by atoms with E-state index in [1.807, 2.05) is 24.3 Å². The summed E-state index contributed by atoms with van der Waals surface area (Å²) in [6.07, 6.45) is 1.72. The normalized spacial score (nSPS) is 10.9. The molecule has 1 N–H and O–H groups in total. The van der Waals surface area contributed by atoms with Crippen LogP contribution in [-0.2, 0) is 0 Å². The highest BCUT2D eigenvalue weighted by atomic mass is 79.9. The summed E-state index contributed by atoms with van der Waals surface area (Å²) in [6.45, 7) is 0. The van der Waals surface area contributed by atoms with Crippen molar-refractivity contribution in [3.63, 3.8) is 0 Å². The standard InChI is InChI=1S/C14H9BrO2/c15-10-3-1-9(2-4-10)13-8-17-14-6-5-11(16)7-12(13)14/h1-8,16H. The monoisotopic (exact) mass is 288 g/mol. The third kappa shape index (κ3) is 1.83. The molecule has 0 saturated carbocycles. The molecule has 0 unspecified atom stereocenters. The minimum absolute atomic E-state index is 0.247. The number of rotatable bonds is 1. The fourth-order valence-corrected chi connectivity index (χ4v) is 2.13. The molecule has 0 atom stereocenters. The lowest BCUT2D eigenvalue weighted by atomic mass is 10.0. The average molecular weight is 289 g/mol. The van der Waals surface area contributed by atoms with Gasteiger partial charge in [0.05, 0.1) is 6.26 Å². The molecule has 3 aromatic rings. The minimum atomic E-state index is 0.247. The van der Waals surface area contributed by atoms with E-state index in [0.717, 1.165) is 26.6 Å². The highest BCUT2D eigenvalue weighted by molar-refractivity contribution is 9.10. The Balaban J connectivity index is 2.23. The van der Waals surface area contributed by atoms with Crippen LogP contribution in [0.2, 0.25) is 0 Å². The van der Waals surface area contributed by atoms with Crippen molar-refractivity contribution < 1.29 is 9.52 Å². The molecule has 2 aromatic carbocycles. The Bertz CT molecular complexity index is 668. The first-order valence-electron chi connectivity index (χ1n) is 5.20. The van der Waals surface area contributed by atoms with Gasteiger partial charge in [-0.05, 0) is 35.9 Å². The van der Waals surface area contributed by atoms with Crippen LogP contribution in [0.1, 0.15) is 0 Å². The number of furan rings is 1. The fraction of sp³-hybridized carbons (Fsp3) is 0. The molecule has 84 valence electrons. The van der Waals surface area contributed by atoms with E-state index in [4.69, 9.17) is 4.42 Å². The molecule has 0 saturated heterocycles. The molecule has 17 heavy (non-hydrogen) atoms. The number of hydrogen-bond donors (Lipinski definition) is 1. The van der Waals surface area contributed by atoms with Crippen molar-refractivity contribution in [2.75, 3.05) is 0 Å². The highest BCUT2D eigenvalue weighted by Crippen LogP contribution is 2.33. The summed E-state index contributed by atoms with van der Waals surface area (Å²) in [5.41, 5.74) is 2.83. The van der Waals surface area contributed by atoms with Crippen molar-refractivity contribution in [2.24, 2.45) is 0 Å². The van der Waals surface area contributed by atoms with E-state index in [1.54, 1.807) is 24.5 Å². The number of benzene rings is 2. The van der Waals surface area contributed by atoms with Crippen molar-refractivity contribution in [3.8, 4) is 16.9 Å². The Labute approximate surface area is 107 Å². The largest absolute Gasteiger partial charge is 0.508 e. The van der Waals surface area contributed by atoms with Crippen LogP contribution < -0.4 is 0 Å². The van der Waals surface area contributed by atoms with Gasteiger partial charge in [-0.25, -0.2) is 0 Å². The van der Waals surface area contributed by atoms with E-state index in [0.29, 0.717) is 0 Å². The number of phenolic OH excluding ortho intramolecular Hbond substituents is 1. The van der Waals surface area contributed by atoms with Gasteiger partial charge in [0.1, 0.15) is 11.3 Å². The Hall–Kier alpha value is -1.74. The number of halogens is 1. The van der Waals surface area contributed by atoms with Crippen molar-refractivity contribution >= 4 is 26.9 Å². The number of hydrogen-bond acceptors (Lipinski definition) is 2. The predicted octanol–water partition coefficient (Wildman–Crippen LogP) is 4.57. The van der Waals surface area contributed by atoms with E-state index in [2.05, 4.69) is 15.9 Å². The van der Waals surface area contributed by atoms with Gasteiger partial charge in [-0.1, -0.05) is 28.1 Å². The van der Waals surface area contributed by atoms with Crippen LogP contribution in [-0.4, -0.2) is 5.11 Å². The molecule has 3 rings (SSSR count). The van der Waals surface area contributed by atoms with Crippen LogP contribution in [0.5, 0.6) is 5.75 Å². The molecule has 0 aliphatic carbocycles. The molecule has 0 radical (unpaired) electrons. The van der Waals surface area contributed by atoms with Crippen LogP contribution in [0.3, 0.4) is 0 Å². The van der Waals surface area contributed by atoms with Gasteiger partial charge in [0.25, 0.3) is 0 Å². The smallest absolute Gasteiger partial charge is 0.134 e. The molecular formula is C14H9BrO2. The second kappa shape index (κ2) is 3.93. The second-order valence-corrected chi connectivity index (χ2v) is 4.75. The Morgan fingerprint density at radius 2 is 1.76 bits per heavy atom. The van der Waals surface area contributed by atoms with Gasteiger partial charge in [0.2, 0.25) is 0 Å². The summed E-state index contributed by atoms with van der Waals surface area (Å²) in [5.74, 6) is 0.247. The summed E-state index contributed by atoms with van der Waals surface area (Å²) < 4.78 is 6.50. The van der Waals surface area contributed by atoms with Gasteiger partial charge in [0, 0.05) is 15.4 Å². The molecule has 0 amide bonds. The predicted molar refractivity (Wildman–Crippen MR) is 71.0 cm³/mol. The highest BCUT2D eigenvalue weighted by Gasteiger charge is 2.08. The van der Waals surface area contributed by atoms with Crippen LogP contribution in [0, 0.1) is 0 Å². The maximum absolute atomic E-state index is 9.51. The average Bonchev–Trinajstić information content (AvgIpc) is 2.73. The van der Waals surface area contributed by atoms with Crippen molar-refractivity contribution in [2.45, 2.75) is 0 Å². The molecule has 0 fully saturated rings. The molecule has 1 heterocycles. The summed E-state index contributed by atoms with van der Waals surface area (Å²) in [5, 5.41) is 10.4. The Kier molecular flexibility index (Phi) is 2.41. The van der Waals surface area contributed by atoms with Gasteiger partial charge in [0.15, 0.2) is 0 Å². The van der Waals surface area contributed by atoms with Crippen molar-refractivity contribution in [1.29, 1.82) is 0 Å². The maximum atomic E-state index is 9.51. The molecule has 0 spiro atoms. The molecule has 1 aromatic heterocycles. The quantitative estimate of drug-likeness (QED) is 0.712. The zero-order valence-electron chi connectivity index (χ0n) is 8.85. The maximum Gasteiger partial charge on any atom is 0.134 e. The molecule has 2 nitrogen and oxygen atoms in total. The first-order valence-corrected chi connectivity index (χ1v) is 5.99. The lowest BCUT2D eigenvalue weighted by molar-refractivity contribution is 0.476. The zero-order valence-corrected chi connectivity index (χ0v) is 10.4. The van der Waals surface area contributed by atoms with Gasteiger partial charge in [-0.2, -0.15) is 0 Å². The van der Waals surface area contributed by atoms with E-state index in [-0.39, 0.29) is 5.75 Å². The van der Waals surface area contributed by atoms with E-state index in [9.17, 15) is 5.11 Å². The fourth-order valence-electron chi connectivity index (χ4n) is 1.87. The minimum Gasteiger partial charge on any atom is -0.508 e. The second-order valence-electron chi connectivity index (χ2n) is 3.84. The van der Waals surface area contributed by atoms with Crippen molar-refractivity contribution in [3.05, 3.63) is 53.2 Å². The first kappa shape index (κ1) is 10.4. The van der Waals surface area contributed by atoms with Crippen LogP contribution in [0.4, 0.5) is 0 Å². The van der Waals surface area contributed by atoms with Gasteiger partial charge in [-0.15, -0.1) is 0 Å². The number of phenols is 1. The summed E-state index contributed by atoms with van der Waals surface area (Å²) in [6, 6.07) is 13.1. The van der Waals surface area contributed by atoms with E-state index in [1.165, 1.54) is 0 Å². The molecular weight excluding hydrogens is 280 g/mol. The van der Waals surface area contributed by atoms with Gasteiger partial charge < -0.3 is 9.52 Å². The van der Waals surface area contributed by atoms with Crippen molar-refractivity contribution in [1.82, 2.24) is 0 Å². The Morgan fingerprint density at radius 1 is 1.00 bits per heavy atom. The van der Waals surface area contributed by atoms with E-state index >= 15 is 0 Å². The molecule has 0 bridgehead atoms. The lowest BCUT2D eigenvalue weighted by Crippen LogP contribution is -1.75. The van der Waals surface area contributed by atoms with Crippen LogP contribution in [0.25, 0.3) is 22.1 Å². The summed E-state index contributed by atoms with van der Waals surface area (Å²) in [4.78, 5) is 0. The third-order valence-electron chi connectivity index (χ3n) is 2.71. The van der Waals surface area contributed by atoms with Crippen LogP contribution >= 0.6 is 15.9 Å². The molecule has 0 aliphatic heterocycles. The van der Waals surface area contributed by atoms with Gasteiger partial charge >= 0.3 is 0 Å². The Morgan fingerprint density at radius 3 is 2.53 bits per heavy atom. The number of aromatic hydroxyl groups is 1. The van der Waals surface area contributed by atoms with E-state index < -0.39 is 0 Å². The number of fused-ring (bicyclic) bond motifs is 1. The first-order chi connectivity index (χ1) is 8.24. The van der Waals surface area contributed by atoms with Gasteiger partial charge in [-0.3, -0.25) is 0 Å². The topological polar surface area (TPSA) is 33.4 Å². The SMILES string of the molecule is Oc1ccc2occ(-c3ccc(Br)cc3)c2c1. The molecule has 0 aliphatic rings. The summed E-state index contributed by atoms with van der Waals surface area (Å²) >= 11 is 3.41. The lowest BCUT2D eigenvalue weighted by Gasteiger charge is -1.99. The zero-order chi connectivity index (χ0) is 11.8.